The van der Waals surface area contributed by atoms with Crippen molar-refractivity contribution in [2.75, 3.05) is 0 Å². The van der Waals surface area contributed by atoms with Crippen molar-refractivity contribution in [2.45, 2.75) is 0 Å². The molecular weight excluding hydrogens is 461 g/mol. The fourth-order valence-electron chi connectivity index (χ4n) is 4.98. The predicted octanol–water partition coefficient (Wildman–Crippen LogP) is 6.73. The highest BCUT2D eigenvalue weighted by molar-refractivity contribution is 7.26. The van der Waals surface area contributed by atoms with Crippen molar-refractivity contribution in [3.05, 3.63) is 115 Å². The van der Waals surface area contributed by atoms with Crippen molar-refractivity contribution in [3.8, 4) is 11.1 Å². The van der Waals surface area contributed by atoms with Gasteiger partial charge in [-0.2, -0.15) is 0 Å². The van der Waals surface area contributed by atoms with Gasteiger partial charge in [-0.05, 0) is 53.0 Å². The number of rotatable bonds is 2. The Kier molecular flexibility index (Phi) is 5.82. The summed E-state index contributed by atoms with van der Waals surface area (Å²) in [6.45, 7) is 0. The third-order valence-electron chi connectivity index (χ3n) is 6.72. The lowest BCUT2D eigenvalue weighted by Gasteiger charge is -2.06. The highest BCUT2D eigenvalue weighted by atomic mass is 32.1. The number of benzene rings is 5. The molecule has 174 valence electrons. The molecule has 0 amide bonds. The second-order valence-electron chi connectivity index (χ2n) is 8.87. The van der Waals surface area contributed by atoms with Crippen LogP contribution in [0.15, 0.2) is 115 Å². The van der Waals surface area contributed by atoms with Crippen molar-refractivity contribution in [1.29, 1.82) is 0 Å². The van der Waals surface area contributed by atoms with E-state index < -0.39 is 7.12 Å². The molecule has 0 fully saturated rings. The number of thiophene rings is 1. The van der Waals surface area contributed by atoms with Crippen LogP contribution in [0.5, 0.6) is 0 Å². The second-order valence-corrected chi connectivity index (χ2v) is 9.95. The van der Waals surface area contributed by atoms with E-state index in [0.717, 1.165) is 31.3 Å². The van der Waals surface area contributed by atoms with Gasteiger partial charge in [0.25, 0.3) is 0 Å². The lowest BCUT2D eigenvalue weighted by atomic mass is 9.77. The van der Waals surface area contributed by atoms with E-state index in [9.17, 15) is 10.0 Å². The van der Waals surface area contributed by atoms with Gasteiger partial charge in [0.05, 0.1) is 0 Å². The molecule has 0 saturated carbocycles. The van der Waals surface area contributed by atoms with E-state index in [1.54, 1.807) is 17.4 Å². The Labute approximate surface area is 213 Å². The fourth-order valence-corrected chi connectivity index (χ4v) is 6.10. The first kappa shape index (κ1) is 22.6. The zero-order valence-corrected chi connectivity index (χ0v) is 20.6. The molecule has 5 heteroatoms. The van der Waals surface area contributed by atoms with Gasteiger partial charge in [-0.3, -0.25) is 0 Å². The highest BCUT2D eigenvalue weighted by Gasteiger charge is 2.18. The van der Waals surface area contributed by atoms with Crippen molar-refractivity contribution >= 4 is 65.9 Å². The first-order valence-electron chi connectivity index (χ1n) is 11.9. The molecule has 0 bridgehead atoms. The third-order valence-corrected chi connectivity index (χ3v) is 7.85. The minimum atomic E-state index is -1.48. The first-order chi connectivity index (χ1) is 17.6. The Balaban J connectivity index is 0.000000353. The van der Waals surface area contributed by atoms with Crippen molar-refractivity contribution in [1.82, 2.24) is 4.57 Å². The summed E-state index contributed by atoms with van der Waals surface area (Å²) in [5.74, 6) is 0. The van der Waals surface area contributed by atoms with Gasteiger partial charge in [-0.25, -0.2) is 0 Å². The molecule has 0 saturated heterocycles. The zero-order chi connectivity index (χ0) is 24.6. The number of hydrogen-bond acceptors (Lipinski definition) is 3. The Morgan fingerprint density at radius 3 is 1.94 bits per heavy atom. The quantitative estimate of drug-likeness (QED) is 0.267. The Hall–Kier alpha value is -3.90. The van der Waals surface area contributed by atoms with E-state index in [1.165, 1.54) is 21.8 Å². The molecule has 5 aromatic carbocycles. The van der Waals surface area contributed by atoms with Crippen molar-refractivity contribution in [3.63, 3.8) is 0 Å². The molecule has 2 heterocycles. The Bertz CT molecular complexity index is 1810. The molecular formula is C31H24BNO2S. The van der Waals surface area contributed by atoms with Crippen molar-refractivity contribution in [2.24, 2.45) is 7.05 Å². The lowest BCUT2D eigenvalue weighted by Crippen LogP contribution is -2.30. The molecule has 0 radical (unpaired) electrons. The van der Waals surface area contributed by atoms with E-state index in [0.29, 0.717) is 5.46 Å². The normalized spacial score (nSPS) is 11.2. The maximum atomic E-state index is 9.87. The molecule has 3 nitrogen and oxygen atoms in total. The van der Waals surface area contributed by atoms with Crippen LogP contribution < -0.4 is 5.46 Å². The number of aromatic nitrogens is 1. The van der Waals surface area contributed by atoms with Crippen LogP contribution in [0.2, 0.25) is 0 Å². The van der Waals surface area contributed by atoms with Crippen LogP contribution >= 0.6 is 11.3 Å². The van der Waals surface area contributed by atoms with E-state index in [4.69, 9.17) is 0 Å². The molecule has 0 aliphatic rings. The van der Waals surface area contributed by atoms with Gasteiger partial charge in [0.15, 0.2) is 0 Å². The summed E-state index contributed by atoms with van der Waals surface area (Å²) in [6.07, 6.45) is 0. The predicted molar refractivity (Wildman–Crippen MR) is 155 cm³/mol. The largest absolute Gasteiger partial charge is 0.489 e. The van der Waals surface area contributed by atoms with Gasteiger partial charge in [0, 0.05) is 49.0 Å². The summed E-state index contributed by atoms with van der Waals surface area (Å²) in [7, 11) is 0.623. The molecule has 0 aliphatic carbocycles. The maximum Gasteiger partial charge on any atom is 0.489 e. The van der Waals surface area contributed by atoms with Gasteiger partial charge in [-0.15, -0.1) is 11.3 Å². The molecule has 0 unspecified atom stereocenters. The van der Waals surface area contributed by atoms with Crippen LogP contribution in [-0.4, -0.2) is 21.7 Å². The van der Waals surface area contributed by atoms with Crippen molar-refractivity contribution < 1.29 is 10.0 Å². The summed E-state index contributed by atoms with van der Waals surface area (Å²) in [5.41, 5.74) is 5.28. The average Bonchev–Trinajstić information content (AvgIpc) is 3.44. The van der Waals surface area contributed by atoms with E-state index in [1.807, 2.05) is 48.5 Å². The standard InChI is InChI=1S/C25H18BNO2S.C6H6/c1-27-21-7-3-2-5-17(21)18-13-15(9-11-22(18)27)16-10-12-23-19(14-16)25-20(26(28)29)6-4-8-24(25)30-23;1-2-4-6-5-3-1/h2-14,28-29H,1H3;1-6H. The number of nitrogens with zero attached hydrogens (tertiary/aromatic N) is 1. The first-order valence-corrected chi connectivity index (χ1v) is 12.7. The van der Waals surface area contributed by atoms with Crippen LogP contribution in [0, 0.1) is 0 Å². The van der Waals surface area contributed by atoms with Crippen LogP contribution in [0.3, 0.4) is 0 Å². The summed E-state index contributed by atoms with van der Waals surface area (Å²) < 4.78 is 4.45. The number of fused-ring (bicyclic) bond motifs is 6. The number of para-hydroxylation sites is 1. The molecule has 0 atom stereocenters. The molecule has 7 rings (SSSR count). The number of aryl methyl sites for hydroxylation is 1. The average molecular weight is 485 g/mol. The van der Waals surface area contributed by atoms with E-state index >= 15 is 0 Å². The Morgan fingerprint density at radius 2 is 1.22 bits per heavy atom. The SMILES string of the molecule is Cn1c2ccccc2c2cc(-c3ccc4sc5cccc(B(O)O)c5c4c3)ccc21.c1ccccc1. The summed E-state index contributed by atoms with van der Waals surface area (Å²) in [5, 5.41) is 24.2. The second kappa shape index (κ2) is 9.28. The van der Waals surface area contributed by atoms with Gasteiger partial charge in [0.2, 0.25) is 0 Å². The number of hydrogen-bond donors (Lipinski definition) is 2. The van der Waals surface area contributed by atoms with Crippen LogP contribution in [0.4, 0.5) is 0 Å². The minimum absolute atomic E-state index is 0.556. The molecule has 2 N–H and O–H groups in total. The molecule has 0 spiro atoms. The summed E-state index contributed by atoms with van der Waals surface area (Å²) in [4.78, 5) is 0. The topological polar surface area (TPSA) is 45.4 Å². The maximum absolute atomic E-state index is 9.87. The summed E-state index contributed by atoms with van der Waals surface area (Å²) in [6, 6.07) is 39.2. The van der Waals surface area contributed by atoms with Crippen LogP contribution in [0.25, 0.3) is 53.1 Å². The van der Waals surface area contributed by atoms with Gasteiger partial charge < -0.3 is 14.6 Å². The van der Waals surface area contributed by atoms with Crippen LogP contribution in [0.1, 0.15) is 0 Å². The smallest absolute Gasteiger partial charge is 0.423 e. The lowest BCUT2D eigenvalue weighted by molar-refractivity contribution is 0.426. The molecule has 7 aromatic rings. The highest BCUT2D eigenvalue weighted by Crippen LogP contribution is 2.37. The minimum Gasteiger partial charge on any atom is -0.423 e. The monoisotopic (exact) mass is 485 g/mol. The third kappa shape index (κ3) is 3.88. The zero-order valence-electron chi connectivity index (χ0n) is 19.8. The fraction of sp³-hybridized carbons (Fsp3) is 0.0323. The van der Waals surface area contributed by atoms with E-state index in [-0.39, 0.29) is 0 Å². The van der Waals surface area contributed by atoms with Gasteiger partial charge >= 0.3 is 7.12 Å². The Morgan fingerprint density at radius 1 is 0.583 bits per heavy atom. The molecule has 2 aromatic heterocycles. The molecule has 36 heavy (non-hydrogen) atoms. The van der Waals surface area contributed by atoms with Gasteiger partial charge in [-0.1, -0.05) is 78.9 Å². The van der Waals surface area contributed by atoms with Gasteiger partial charge in [0.1, 0.15) is 0 Å². The molecule has 0 aliphatic heterocycles. The summed E-state index contributed by atoms with van der Waals surface area (Å²) >= 11 is 1.68. The van der Waals surface area contributed by atoms with Crippen LogP contribution in [-0.2, 0) is 7.05 Å². The van der Waals surface area contributed by atoms with E-state index in [2.05, 4.69) is 72.3 Å².